The van der Waals surface area contributed by atoms with Crippen LogP contribution >= 0.6 is 0 Å². The van der Waals surface area contributed by atoms with E-state index in [9.17, 15) is 9.59 Å². The molecule has 0 spiro atoms. The normalized spacial score (nSPS) is 10.6. The van der Waals surface area contributed by atoms with Crippen LogP contribution in [0.1, 0.15) is 18.9 Å². The molecule has 116 valence electrons. The van der Waals surface area contributed by atoms with E-state index in [-0.39, 0.29) is 38.6 Å². The first-order valence-corrected chi connectivity index (χ1v) is 6.99. The Balaban J connectivity index is 2.58. The molecular weight excluding hydrogens is 272 g/mol. The highest BCUT2D eigenvalue weighted by molar-refractivity contribution is 5.93. The zero-order valence-electron chi connectivity index (χ0n) is 12.2. The minimum absolute atomic E-state index is 0.0567. The number of carboxylic acids is 1. The van der Waals surface area contributed by atoms with Crippen molar-refractivity contribution in [2.75, 3.05) is 31.6 Å². The van der Waals surface area contributed by atoms with Crippen molar-refractivity contribution in [1.29, 1.82) is 0 Å². The zero-order valence-corrected chi connectivity index (χ0v) is 12.2. The van der Waals surface area contributed by atoms with Gasteiger partial charge in [-0.25, -0.2) is 0 Å². The topological polar surface area (TPSA) is 89.9 Å². The Morgan fingerprint density at radius 3 is 2.57 bits per heavy atom. The van der Waals surface area contributed by atoms with Crippen LogP contribution in [0.25, 0.3) is 0 Å². The standard InChI is InChI=1S/C15H22N2O4/c1-2-12-5-3-4-6-13(12)16-14(19)11-17(9-10-18)8-7-15(20)21/h3-6,18H,2,7-11H2,1H3,(H,16,19)(H,20,21). The molecule has 21 heavy (non-hydrogen) atoms. The molecule has 0 aliphatic rings. The van der Waals surface area contributed by atoms with E-state index in [0.29, 0.717) is 0 Å². The third-order valence-electron chi connectivity index (χ3n) is 3.10. The molecular formula is C15H22N2O4. The molecule has 0 unspecified atom stereocenters. The van der Waals surface area contributed by atoms with Gasteiger partial charge in [0.25, 0.3) is 0 Å². The number of aliphatic carboxylic acids is 1. The number of carbonyl (C=O) groups excluding carboxylic acids is 1. The van der Waals surface area contributed by atoms with Gasteiger partial charge in [0.2, 0.25) is 5.91 Å². The zero-order chi connectivity index (χ0) is 15.7. The molecule has 0 atom stereocenters. The maximum atomic E-state index is 12.0. The van der Waals surface area contributed by atoms with Crippen molar-refractivity contribution in [2.24, 2.45) is 0 Å². The van der Waals surface area contributed by atoms with Crippen molar-refractivity contribution in [1.82, 2.24) is 4.90 Å². The molecule has 0 saturated carbocycles. The summed E-state index contributed by atoms with van der Waals surface area (Å²) in [6.45, 7) is 2.47. The maximum absolute atomic E-state index is 12.0. The molecule has 6 nitrogen and oxygen atoms in total. The number of benzene rings is 1. The number of para-hydroxylation sites is 1. The van der Waals surface area contributed by atoms with Crippen LogP contribution in [0.2, 0.25) is 0 Å². The van der Waals surface area contributed by atoms with Gasteiger partial charge in [-0.15, -0.1) is 0 Å². The molecule has 1 aromatic rings. The lowest BCUT2D eigenvalue weighted by atomic mass is 10.1. The first-order chi connectivity index (χ1) is 10.1. The summed E-state index contributed by atoms with van der Waals surface area (Å²) in [5, 5.41) is 20.5. The summed E-state index contributed by atoms with van der Waals surface area (Å²) >= 11 is 0. The van der Waals surface area contributed by atoms with Crippen molar-refractivity contribution in [3.63, 3.8) is 0 Å². The smallest absolute Gasteiger partial charge is 0.304 e. The molecule has 1 aromatic carbocycles. The number of rotatable bonds is 9. The van der Waals surface area contributed by atoms with Gasteiger partial charge in [-0.2, -0.15) is 0 Å². The van der Waals surface area contributed by atoms with Crippen LogP contribution in [-0.4, -0.2) is 53.2 Å². The molecule has 0 aliphatic heterocycles. The van der Waals surface area contributed by atoms with Crippen LogP contribution in [-0.2, 0) is 16.0 Å². The molecule has 0 fully saturated rings. The lowest BCUT2D eigenvalue weighted by Gasteiger charge is -2.20. The van der Waals surface area contributed by atoms with Crippen molar-refractivity contribution in [3.05, 3.63) is 29.8 Å². The highest BCUT2D eigenvalue weighted by Crippen LogP contribution is 2.15. The van der Waals surface area contributed by atoms with E-state index in [0.717, 1.165) is 17.7 Å². The maximum Gasteiger partial charge on any atom is 0.304 e. The minimum atomic E-state index is -0.922. The van der Waals surface area contributed by atoms with Gasteiger partial charge in [0.05, 0.1) is 19.6 Å². The van der Waals surface area contributed by atoms with Crippen molar-refractivity contribution in [3.8, 4) is 0 Å². The highest BCUT2D eigenvalue weighted by atomic mass is 16.4. The van der Waals surface area contributed by atoms with Gasteiger partial charge in [-0.3, -0.25) is 14.5 Å². The summed E-state index contributed by atoms with van der Waals surface area (Å²) < 4.78 is 0. The average Bonchev–Trinajstić information content (AvgIpc) is 2.45. The largest absolute Gasteiger partial charge is 0.481 e. The Morgan fingerprint density at radius 1 is 1.24 bits per heavy atom. The number of anilines is 1. The van der Waals surface area contributed by atoms with E-state index in [1.807, 2.05) is 31.2 Å². The number of aliphatic hydroxyl groups is 1. The van der Waals surface area contributed by atoms with Crippen LogP contribution in [0.15, 0.2) is 24.3 Å². The summed E-state index contributed by atoms with van der Waals surface area (Å²) in [6, 6.07) is 7.56. The number of amides is 1. The number of nitrogens with zero attached hydrogens (tertiary/aromatic N) is 1. The number of aliphatic hydroxyl groups excluding tert-OH is 1. The molecule has 3 N–H and O–H groups in total. The summed E-state index contributed by atoms with van der Waals surface area (Å²) in [4.78, 5) is 24.2. The Labute approximate surface area is 124 Å². The minimum Gasteiger partial charge on any atom is -0.481 e. The highest BCUT2D eigenvalue weighted by Gasteiger charge is 2.13. The summed E-state index contributed by atoms with van der Waals surface area (Å²) in [7, 11) is 0. The van der Waals surface area contributed by atoms with E-state index in [4.69, 9.17) is 10.2 Å². The SMILES string of the molecule is CCc1ccccc1NC(=O)CN(CCO)CCC(=O)O. The van der Waals surface area contributed by atoms with Gasteiger partial charge in [0.1, 0.15) is 0 Å². The lowest BCUT2D eigenvalue weighted by molar-refractivity contribution is -0.137. The van der Waals surface area contributed by atoms with Crippen LogP contribution in [0.5, 0.6) is 0 Å². The van der Waals surface area contributed by atoms with E-state index in [2.05, 4.69) is 5.32 Å². The number of carbonyl (C=O) groups is 2. The van der Waals surface area contributed by atoms with E-state index < -0.39 is 5.97 Å². The van der Waals surface area contributed by atoms with Gasteiger partial charge in [0, 0.05) is 18.8 Å². The van der Waals surface area contributed by atoms with E-state index in [1.165, 1.54) is 0 Å². The van der Waals surface area contributed by atoms with Crippen molar-refractivity contribution < 1.29 is 19.8 Å². The molecule has 0 aliphatic carbocycles. The van der Waals surface area contributed by atoms with Gasteiger partial charge >= 0.3 is 5.97 Å². The Morgan fingerprint density at radius 2 is 1.95 bits per heavy atom. The van der Waals surface area contributed by atoms with E-state index >= 15 is 0 Å². The van der Waals surface area contributed by atoms with E-state index in [1.54, 1.807) is 4.90 Å². The van der Waals surface area contributed by atoms with Gasteiger partial charge in [-0.05, 0) is 18.1 Å². The van der Waals surface area contributed by atoms with Gasteiger partial charge < -0.3 is 15.5 Å². The summed E-state index contributed by atoms with van der Waals surface area (Å²) in [5.74, 6) is -1.13. The van der Waals surface area contributed by atoms with Gasteiger partial charge in [0.15, 0.2) is 0 Å². The summed E-state index contributed by atoms with van der Waals surface area (Å²) in [5.41, 5.74) is 1.82. The molecule has 6 heteroatoms. The second-order valence-corrected chi connectivity index (χ2v) is 4.70. The lowest BCUT2D eigenvalue weighted by Crippen LogP contribution is -2.36. The first kappa shape index (κ1) is 17.1. The second kappa shape index (κ2) is 9.10. The van der Waals surface area contributed by atoms with Crippen LogP contribution in [0, 0.1) is 0 Å². The Bertz CT molecular complexity index is 476. The monoisotopic (exact) mass is 294 g/mol. The fraction of sp³-hybridized carbons (Fsp3) is 0.467. The Hall–Kier alpha value is -1.92. The molecule has 0 bridgehead atoms. The fourth-order valence-corrected chi connectivity index (χ4v) is 2.01. The number of hydrogen-bond donors (Lipinski definition) is 3. The molecule has 0 radical (unpaired) electrons. The quantitative estimate of drug-likeness (QED) is 0.631. The third-order valence-corrected chi connectivity index (χ3v) is 3.10. The second-order valence-electron chi connectivity index (χ2n) is 4.70. The number of nitrogens with one attached hydrogen (secondary N) is 1. The number of hydrogen-bond acceptors (Lipinski definition) is 4. The molecule has 1 rings (SSSR count). The molecule has 0 saturated heterocycles. The third kappa shape index (κ3) is 6.37. The molecule has 1 amide bonds. The van der Waals surface area contributed by atoms with Gasteiger partial charge in [-0.1, -0.05) is 25.1 Å². The molecule has 0 heterocycles. The fourth-order valence-electron chi connectivity index (χ4n) is 2.01. The molecule has 0 aromatic heterocycles. The first-order valence-electron chi connectivity index (χ1n) is 6.99. The Kier molecular flexibility index (Phi) is 7.42. The predicted octanol–water partition coefficient (Wildman–Crippen LogP) is 0.956. The van der Waals surface area contributed by atoms with Crippen LogP contribution in [0.3, 0.4) is 0 Å². The summed E-state index contributed by atoms with van der Waals surface area (Å²) in [6.07, 6.45) is 0.759. The number of carboxylic acid groups (broad SMARTS) is 1. The average molecular weight is 294 g/mol. The van der Waals surface area contributed by atoms with Crippen molar-refractivity contribution >= 4 is 17.6 Å². The van der Waals surface area contributed by atoms with Crippen LogP contribution in [0.4, 0.5) is 5.69 Å². The van der Waals surface area contributed by atoms with Crippen LogP contribution < -0.4 is 5.32 Å². The predicted molar refractivity (Wildman–Crippen MR) is 80.2 cm³/mol. The number of aryl methyl sites for hydroxylation is 1. The van der Waals surface area contributed by atoms with Crippen molar-refractivity contribution in [2.45, 2.75) is 19.8 Å².